The maximum absolute atomic E-state index is 10.6. The van der Waals surface area contributed by atoms with Crippen LogP contribution in [-0.4, -0.2) is 12.9 Å². The van der Waals surface area contributed by atoms with Crippen molar-refractivity contribution in [2.24, 2.45) is 5.92 Å². The molecule has 0 unspecified atom stereocenters. The molecule has 0 aromatic heterocycles. The molecule has 0 heterocycles. The van der Waals surface area contributed by atoms with Crippen molar-refractivity contribution < 1.29 is 9.53 Å². The van der Waals surface area contributed by atoms with Crippen LogP contribution in [0.25, 0.3) is 0 Å². The SMILES string of the molecule is O=Cc1ccc(I)c(OCC2CC2)c1. The van der Waals surface area contributed by atoms with Gasteiger partial charge in [0.1, 0.15) is 12.0 Å². The van der Waals surface area contributed by atoms with Crippen LogP contribution in [0.15, 0.2) is 18.2 Å². The number of halogens is 1. The lowest BCUT2D eigenvalue weighted by Crippen LogP contribution is -2.00. The van der Waals surface area contributed by atoms with Gasteiger partial charge in [0.05, 0.1) is 10.2 Å². The second-order valence-corrected chi connectivity index (χ2v) is 4.72. The molecular weight excluding hydrogens is 291 g/mol. The smallest absolute Gasteiger partial charge is 0.150 e. The zero-order valence-electron chi connectivity index (χ0n) is 7.70. The summed E-state index contributed by atoms with van der Waals surface area (Å²) in [6.45, 7) is 0.790. The molecule has 1 aromatic rings. The van der Waals surface area contributed by atoms with E-state index in [9.17, 15) is 4.79 Å². The van der Waals surface area contributed by atoms with Crippen molar-refractivity contribution in [3.05, 3.63) is 27.3 Å². The molecule has 0 radical (unpaired) electrons. The van der Waals surface area contributed by atoms with Crippen LogP contribution in [0, 0.1) is 9.49 Å². The van der Waals surface area contributed by atoms with Crippen molar-refractivity contribution in [3.63, 3.8) is 0 Å². The number of aldehydes is 1. The third kappa shape index (κ3) is 2.47. The van der Waals surface area contributed by atoms with Crippen molar-refractivity contribution in [2.45, 2.75) is 12.8 Å². The van der Waals surface area contributed by atoms with E-state index in [2.05, 4.69) is 22.6 Å². The third-order valence-electron chi connectivity index (χ3n) is 2.26. The van der Waals surface area contributed by atoms with Gasteiger partial charge in [0.25, 0.3) is 0 Å². The second-order valence-electron chi connectivity index (χ2n) is 3.56. The second kappa shape index (κ2) is 4.29. The molecule has 0 atom stereocenters. The Balaban J connectivity index is 2.08. The van der Waals surface area contributed by atoms with Crippen molar-refractivity contribution in [1.29, 1.82) is 0 Å². The number of ether oxygens (including phenoxy) is 1. The highest BCUT2D eigenvalue weighted by Gasteiger charge is 2.22. The van der Waals surface area contributed by atoms with Gasteiger partial charge in [-0.1, -0.05) is 6.07 Å². The monoisotopic (exact) mass is 302 g/mol. The summed E-state index contributed by atoms with van der Waals surface area (Å²) in [5.74, 6) is 1.58. The summed E-state index contributed by atoms with van der Waals surface area (Å²) in [5, 5.41) is 0. The average Bonchev–Trinajstić information content (AvgIpc) is 3.00. The summed E-state index contributed by atoms with van der Waals surface area (Å²) in [6, 6.07) is 5.52. The summed E-state index contributed by atoms with van der Waals surface area (Å²) >= 11 is 2.22. The van der Waals surface area contributed by atoms with Crippen LogP contribution in [0.1, 0.15) is 23.2 Å². The Morgan fingerprint density at radius 3 is 2.93 bits per heavy atom. The number of carbonyl (C=O) groups is 1. The lowest BCUT2D eigenvalue weighted by atomic mass is 10.2. The van der Waals surface area contributed by atoms with Gasteiger partial charge < -0.3 is 4.74 Å². The maximum Gasteiger partial charge on any atom is 0.150 e. The molecule has 0 saturated heterocycles. The Morgan fingerprint density at radius 2 is 2.29 bits per heavy atom. The highest BCUT2D eigenvalue weighted by molar-refractivity contribution is 14.1. The molecule has 14 heavy (non-hydrogen) atoms. The Hall–Kier alpha value is -0.580. The van der Waals surface area contributed by atoms with Gasteiger partial charge in [-0.3, -0.25) is 4.79 Å². The first-order valence-electron chi connectivity index (χ1n) is 4.67. The average molecular weight is 302 g/mol. The lowest BCUT2D eigenvalue weighted by Gasteiger charge is -2.07. The topological polar surface area (TPSA) is 26.3 Å². The third-order valence-corrected chi connectivity index (χ3v) is 3.15. The molecule has 3 heteroatoms. The largest absolute Gasteiger partial charge is 0.492 e. The molecule has 0 N–H and O–H groups in total. The van der Waals surface area contributed by atoms with Crippen LogP contribution in [0.4, 0.5) is 0 Å². The van der Waals surface area contributed by atoms with Crippen LogP contribution in [0.5, 0.6) is 5.75 Å². The molecule has 1 aliphatic rings. The summed E-state index contributed by atoms with van der Waals surface area (Å²) in [7, 11) is 0. The number of hydrogen-bond donors (Lipinski definition) is 0. The highest BCUT2D eigenvalue weighted by atomic mass is 127. The number of carbonyl (C=O) groups excluding carboxylic acids is 1. The first-order valence-corrected chi connectivity index (χ1v) is 5.75. The fourth-order valence-electron chi connectivity index (χ4n) is 1.20. The molecule has 0 aliphatic heterocycles. The zero-order chi connectivity index (χ0) is 9.97. The van der Waals surface area contributed by atoms with Crippen LogP contribution >= 0.6 is 22.6 Å². The van der Waals surface area contributed by atoms with Crippen molar-refractivity contribution in [1.82, 2.24) is 0 Å². The van der Waals surface area contributed by atoms with E-state index < -0.39 is 0 Å². The van der Waals surface area contributed by atoms with E-state index in [0.717, 1.165) is 28.1 Å². The van der Waals surface area contributed by atoms with Gasteiger partial charge in [-0.2, -0.15) is 0 Å². The molecule has 0 bridgehead atoms. The van der Waals surface area contributed by atoms with Crippen LogP contribution in [0.3, 0.4) is 0 Å². The minimum atomic E-state index is 0.677. The molecule has 1 aliphatic carbocycles. The van der Waals surface area contributed by atoms with E-state index in [1.807, 2.05) is 6.07 Å². The molecule has 2 nitrogen and oxygen atoms in total. The van der Waals surface area contributed by atoms with E-state index >= 15 is 0 Å². The number of rotatable bonds is 4. The molecule has 1 fully saturated rings. The van der Waals surface area contributed by atoms with Crippen LogP contribution < -0.4 is 4.74 Å². The molecule has 0 spiro atoms. The van der Waals surface area contributed by atoms with E-state index in [1.165, 1.54) is 12.8 Å². The predicted molar refractivity (Wildman–Crippen MR) is 62.8 cm³/mol. The lowest BCUT2D eigenvalue weighted by molar-refractivity contribution is 0.112. The zero-order valence-corrected chi connectivity index (χ0v) is 9.86. The summed E-state index contributed by atoms with van der Waals surface area (Å²) in [5.41, 5.74) is 0.677. The van der Waals surface area contributed by atoms with Crippen molar-refractivity contribution in [2.75, 3.05) is 6.61 Å². The van der Waals surface area contributed by atoms with Crippen molar-refractivity contribution in [3.8, 4) is 5.75 Å². The molecular formula is C11H11IO2. The normalized spacial score (nSPS) is 15.2. The van der Waals surface area contributed by atoms with Crippen molar-refractivity contribution >= 4 is 28.9 Å². The van der Waals surface area contributed by atoms with Gasteiger partial charge in [0.15, 0.2) is 0 Å². The molecule has 1 saturated carbocycles. The van der Waals surface area contributed by atoms with Gasteiger partial charge in [0, 0.05) is 5.56 Å². The maximum atomic E-state index is 10.6. The Bertz CT molecular complexity index is 345. The molecule has 1 aromatic carbocycles. The fraction of sp³-hybridized carbons (Fsp3) is 0.364. The van der Waals surface area contributed by atoms with E-state index in [-0.39, 0.29) is 0 Å². The number of hydrogen-bond acceptors (Lipinski definition) is 2. The molecule has 0 amide bonds. The van der Waals surface area contributed by atoms with Crippen LogP contribution in [-0.2, 0) is 0 Å². The fourth-order valence-corrected chi connectivity index (χ4v) is 1.69. The van der Waals surface area contributed by atoms with Gasteiger partial charge in [0.2, 0.25) is 0 Å². The minimum absolute atomic E-state index is 0.677. The Morgan fingerprint density at radius 1 is 1.50 bits per heavy atom. The van der Waals surface area contributed by atoms with Crippen LogP contribution in [0.2, 0.25) is 0 Å². The first kappa shape index (κ1) is 9.96. The predicted octanol–water partition coefficient (Wildman–Crippen LogP) is 2.89. The van der Waals surface area contributed by atoms with Gasteiger partial charge in [-0.05, 0) is 53.5 Å². The number of benzene rings is 1. The minimum Gasteiger partial charge on any atom is -0.492 e. The van der Waals surface area contributed by atoms with E-state index in [4.69, 9.17) is 4.74 Å². The van der Waals surface area contributed by atoms with Gasteiger partial charge in [-0.25, -0.2) is 0 Å². The highest BCUT2D eigenvalue weighted by Crippen LogP contribution is 2.30. The van der Waals surface area contributed by atoms with E-state index in [1.54, 1.807) is 12.1 Å². The Kier molecular flexibility index (Phi) is 3.05. The molecule has 2 rings (SSSR count). The first-order chi connectivity index (χ1) is 6.79. The van der Waals surface area contributed by atoms with E-state index in [0.29, 0.717) is 5.56 Å². The Labute approximate surface area is 96.8 Å². The quantitative estimate of drug-likeness (QED) is 0.631. The standard InChI is InChI=1S/C11H11IO2/c12-10-4-3-9(6-13)5-11(10)14-7-8-1-2-8/h3-6,8H,1-2,7H2. The van der Waals surface area contributed by atoms with Gasteiger partial charge >= 0.3 is 0 Å². The molecule has 74 valence electrons. The summed E-state index contributed by atoms with van der Waals surface area (Å²) < 4.78 is 6.70. The summed E-state index contributed by atoms with van der Waals surface area (Å²) in [4.78, 5) is 10.6. The summed E-state index contributed by atoms with van der Waals surface area (Å²) in [6.07, 6.45) is 3.41. The van der Waals surface area contributed by atoms with Gasteiger partial charge in [-0.15, -0.1) is 0 Å².